The van der Waals surface area contributed by atoms with E-state index in [1.165, 1.54) is 0 Å². The first kappa shape index (κ1) is 11.4. The minimum atomic E-state index is 0.224. The van der Waals surface area contributed by atoms with Gasteiger partial charge in [-0.3, -0.25) is 0 Å². The molecule has 96 valence electrons. The highest BCUT2D eigenvalue weighted by molar-refractivity contribution is 5.73. The molecule has 2 aromatic rings. The number of hydrogen-bond donors (Lipinski definition) is 3. The van der Waals surface area contributed by atoms with Crippen LogP contribution in [0.4, 0.5) is 5.82 Å². The normalized spacial score (nSPS) is 23.7. The zero-order chi connectivity index (χ0) is 12.5. The Morgan fingerprint density at radius 1 is 1.39 bits per heavy atom. The molecule has 1 fully saturated rings. The van der Waals surface area contributed by atoms with Gasteiger partial charge in [0.1, 0.15) is 11.6 Å². The van der Waals surface area contributed by atoms with Crippen LogP contribution in [0.15, 0.2) is 12.1 Å². The summed E-state index contributed by atoms with van der Waals surface area (Å²) >= 11 is 0. The molecule has 0 bridgehead atoms. The molecule has 6 nitrogen and oxygen atoms in total. The molecule has 18 heavy (non-hydrogen) atoms. The lowest BCUT2D eigenvalue weighted by Crippen LogP contribution is -2.16. The lowest BCUT2D eigenvalue weighted by atomic mass is 10.2. The average molecular weight is 247 g/mol. The molecule has 2 aromatic heterocycles. The topological polar surface area (TPSA) is 74.9 Å². The van der Waals surface area contributed by atoms with Crippen molar-refractivity contribution >= 4 is 17.0 Å². The van der Waals surface area contributed by atoms with Gasteiger partial charge in [0.15, 0.2) is 5.65 Å². The van der Waals surface area contributed by atoms with E-state index in [0.29, 0.717) is 0 Å². The Morgan fingerprint density at radius 3 is 3.00 bits per heavy atom. The standard InChI is InChI=1S/C12H17N5O/c1-13-10-4-3-8-11(16-10)17-12(15-8)9-5-7(18-2)6-14-9/h3-4,7,9,14H,5-6H2,1-2H3,(H2,13,15,16,17). The van der Waals surface area contributed by atoms with Gasteiger partial charge in [-0.05, 0) is 18.6 Å². The number of aromatic nitrogens is 3. The molecule has 0 amide bonds. The Hall–Kier alpha value is -1.66. The molecule has 1 aliphatic rings. The van der Waals surface area contributed by atoms with Crippen molar-refractivity contribution in [1.82, 2.24) is 20.3 Å². The number of nitrogens with zero attached hydrogens (tertiary/aromatic N) is 2. The molecule has 0 spiro atoms. The Morgan fingerprint density at radius 2 is 2.28 bits per heavy atom. The Balaban J connectivity index is 1.89. The largest absolute Gasteiger partial charge is 0.380 e. The van der Waals surface area contributed by atoms with Crippen LogP contribution in [-0.4, -0.2) is 41.8 Å². The van der Waals surface area contributed by atoms with Crippen LogP contribution < -0.4 is 10.6 Å². The molecule has 2 atom stereocenters. The number of ether oxygens (including phenoxy) is 1. The lowest BCUT2D eigenvalue weighted by molar-refractivity contribution is 0.117. The van der Waals surface area contributed by atoms with Crippen molar-refractivity contribution in [1.29, 1.82) is 0 Å². The molecule has 0 aromatic carbocycles. The summed E-state index contributed by atoms with van der Waals surface area (Å²) in [4.78, 5) is 12.3. The zero-order valence-electron chi connectivity index (χ0n) is 10.5. The summed E-state index contributed by atoms with van der Waals surface area (Å²) in [6.07, 6.45) is 1.21. The van der Waals surface area contributed by atoms with Gasteiger partial charge in [-0.25, -0.2) is 9.97 Å². The molecule has 1 aliphatic heterocycles. The van der Waals surface area contributed by atoms with Crippen LogP contribution in [0.1, 0.15) is 18.3 Å². The number of pyridine rings is 1. The number of hydrogen-bond acceptors (Lipinski definition) is 5. The van der Waals surface area contributed by atoms with E-state index >= 15 is 0 Å². The average Bonchev–Trinajstić information content (AvgIpc) is 3.03. The van der Waals surface area contributed by atoms with E-state index in [4.69, 9.17) is 4.74 Å². The quantitative estimate of drug-likeness (QED) is 0.756. The summed E-state index contributed by atoms with van der Waals surface area (Å²) < 4.78 is 5.34. The predicted molar refractivity (Wildman–Crippen MR) is 69.6 cm³/mol. The molecule has 2 unspecified atom stereocenters. The monoisotopic (exact) mass is 247 g/mol. The summed E-state index contributed by atoms with van der Waals surface area (Å²) in [6, 6.07) is 4.15. The molecular formula is C12H17N5O. The molecule has 0 radical (unpaired) electrons. The van der Waals surface area contributed by atoms with Crippen LogP contribution in [0.2, 0.25) is 0 Å². The number of fused-ring (bicyclic) bond motifs is 1. The van der Waals surface area contributed by atoms with Crippen molar-refractivity contribution in [2.75, 3.05) is 26.0 Å². The van der Waals surface area contributed by atoms with Gasteiger partial charge in [-0.15, -0.1) is 0 Å². The maximum atomic E-state index is 5.34. The maximum Gasteiger partial charge on any atom is 0.179 e. The first-order chi connectivity index (χ1) is 8.80. The zero-order valence-corrected chi connectivity index (χ0v) is 10.5. The molecule has 3 heterocycles. The van der Waals surface area contributed by atoms with Crippen molar-refractivity contribution in [3.63, 3.8) is 0 Å². The van der Waals surface area contributed by atoms with E-state index in [1.807, 2.05) is 19.2 Å². The number of anilines is 1. The summed E-state index contributed by atoms with van der Waals surface area (Å²) in [5, 5.41) is 6.41. The number of aromatic amines is 1. The minimum absolute atomic E-state index is 0.224. The summed E-state index contributed by atoms with van der Waals surface area (Å²) in [5.41, 5.74) is 1.71. The van der Waals surface area contributed by atoms with Crippen molar-refractivity contribution in [3.05, 3.63) is 18.0 Å². The van der Waals surface area contributed by atoms with Gasteiger partial charge in [0.2, 0.25) is 0 Å². The van der Waals surface area contributed by atoms with Crippen LogP contribution in [-0.2, 0) is 4.74 Å². The van der Waals surface area contributed by atoms with Crippen LogP contribution in [0.25, 0.3) is 11.2 Å². The molecule has 0 aliphatic carbocycles. The van der Waals surface area contributed by atoms with E-state index in [9.17, 15) is 0 Å². The molecule has 3 N–H and O–H groups in total. The van der Waals surface area contributed by atoms with E-state index < -0.39 is 0 Å². The van der Waals surface area contributed by atoms with Crippen LogP contribution in [0, 0.1) is 0 Å². The second kappa shape index (κ2) is 4.55. The highest BCUT2D eigenvalue weighted by Crippen LogP contribution is 2.24. The van der Waals surface area contributed by atoms with Crippen molar-refractivity contribution in [2.45, 2.75) is 18.6 Å². The molecule has 0 saturated carbocycles. The van der Waals surface area contributed by atoms with Crippen LogP contribution >= 0.6 is 0 Å². The van der Waals surface area contributed by atoms with Gasteiger partial charge in [0, 0.05) is 20.7 Å². The number of imidazole rings is 1. The van der Waals surface area contributed by atoms with Gasteiger partial charge >= 0.3 is 0 Å². The fourth-order valence-corrected chi connectivity index (χ4v) is 2.31. The summed E-state index contributed by atoms with van der Waals surface area (Å²) in [6.45, 7) is 0.868. The fraction of sp³-hybridized carbons (Fsp3) is 0.500. The summed E-state index contributed by atoms with van der Waals surface area (Å²) in [5.74, 6) is 1.76. The van der Waals surface area contributed by atoms with E-state index in [1.54, 1.807) is 7.11 Å². The van der Waals surface area contributed by atoms with Gasteiger partial charge in [-0.1, -0.05) is 0 Å². The van der Waals surface area contributed by atoms with Gasteiger partial charge in [0.25, 0.3) is 0 Å². The third kappa shape index (κ3) is 1.93. The van der Waals surface area contributed by atoms with Crippen molar-refractivity contribution < 1.29 is 4.74 Å². The highest BCUT2D eigenvalue weighted by Gasteiger charge is 2.27. The second-order valence-electron chi connectivity index (χ2n) is 4.49. The first-order valence-electron chi connectivity index (χ1n) is 6.10. The van der Waals surface area contributed by atoms with Crippen LogP contribution in [0.3, 0.4) is 0 Å². The number of methoxy groups -OCH3 is 1. The summed E-state index contributed by atoms with van der Waals surface area (Å²) in [7, 11) is 3.59. The van der Waals surface area contributed by atoms with Crippen molar-refractivity contribution in [3.8, 4) is 0 Å². The van der Waals surface area contributed by atoms with Gasteiger partial charge in [-0.2, -0.15) is 0 Å². The highest BCUT2D eigenvalue weighted by atomic mass is 16.5. The predicted octanol–water partition coefficient (Wildman–Crippen LogP) is 1.05. The third-order valence-corrected chi connectivity index (χ3v) is 3.37. The maximum absolute atomic E-state index is 5.34. The van der Waals surface area contributed by atoms with Gasteiger partial charge in [0.05, 0.1) is 17.7 Å². The van der Waals surface area contributed by atoms with E-state index in [2.05, 4.69) is 25.6 Å². The SMILES string of the molecule is CNc1ccc2[nH]c(C3CC(OC)CN3)nc2n1. The molecule has 6 heteroatoms. The Labute approximate surface area is 105 Å². The molecule has 3 rings (SSSR count). The number of H-pyrrole nitrogens is 1. The third-order valence-electron chi connectivity index (χ3n) is 3.37. The van der Waals surface area contributed by atoms with E-state index in [0.717, 1.165) is 35.8 Å². The van der Waals surface area contributed by atoms with Crippen molar-refractivity contribution in [2.24, 2.45) is 0 Å². The second-order valence-corrected chi connectivity index (χ2v) is 4.49. The first-order valence-corrected chi connectivity index (χ1v) is 6.10. The Bertz CT molecular complexity index is 552. The van der Waals surface area contributed by atoms with Crippen LogP contribution in [0.5, 0.6) is 0 Å². The minimum Gasteiger partial charge on any atom is -0.380 e. The smallest absolute Gasteiger partial charge is 0.179 e. The van der Waals surface area contributed by atoms with E-state index in [-0.39, 0.29) is 12.1 Å². The van der Waals surface area contributed by atoms with Gasteiger partial charge < -0.3 is 20.4 Å². The fourth-order valence-electron chi connectivity index (χ4n) is 2.31. The lowest BCUT2D eigenvalue weighted by Gasteiger charge is -2.05. The number of nitrogens with one attached hydrogen (secondary N) is 3. The Kier molecular flexibility index (Phi) is 2.89. The number of rotatable bonds is 3. The molecular weight excluding hydrogens is 230 g/mol. The molecule has 1 saturated heterocycles.